The molecule has 5 nitrogen and oxygen atoms in total. The lowest BCUT2D eigenvalue weighted by atomic mass is 10.2. The Morgan fingerprint density at radius 1 is 1.62 bits per heavy atom. The molecule has 90 valence electrons. The van der Waals surface area contributed by atoms with Crippen LogP contribution in [0.4, 0.5) is 0 Å². The lowest BCUT2D eigenvalue weighted by molar-refractivity contribution is 0.0695. The summed E-state index contributed by atoms with van der Waals surface area (Å²) in [5.74, 6) is 0.139. The van der Waals surface area contributed by atoms with E-state index >= 15 is 0 Å². The number of aryl methyl sites for hydroxylation is 1. The van der Waals surface area contributed by atoms with E-state index in [-0.39, 0.29) is 5.56 Å². The van der Waals surface area contributed by atoms with Gasteiger partial charge in [-0.05, 0) is 26.0 Å². The minimum absolute atomic E-state index is 0.230. The molecule has 1 aromatic heterocycles. The third-order valence-electron chi connectivity index (χ3n) is 2.20. The second-order valence-corrected chi connectivity index (χ2v) is 3.51. The van der Waals surface area contributed by atoms with Crippen LogP contribution in [0.1, 0.15) is 28.3 Å². The predicted octanol–water partition coefficient (Wildman–Crippen LogP) is 1.41. The summed E-state index contributed by atoms with van der Waals surface area (Å²) in [7, 11) is 1.66. The third kappa shape index (κ3) is 3.67. The highest BCUT2D eigenvalue weighted by atomic mass is 16.5. The number of rotatable bonds is 7. The van der Waals surface area contributed by atoms with Crippen molar-refractivity contribution in [2.75, 3.05) is 20.3 Å². The molecule has 0 bridgehead atoms. The van der Waals surface area contributed by atoms with Gasteiger partial charge in [0, 0.05) is 13.7 Å². The average molecular weight is 227 g/mol. The molecule has 0 spiro atoms. The van der Waals surface area contributed by atoms with Crippen molar-refractivity contribution < 1.29 is 19.1 Å². The van der Waals surface area contributed by atoms with E-state index in [1.54, 1.807) is 20.1 Å². The normalized spacial score (nSPS) is 10.6. The van der Waals surface area contributed by atoms with Crippen LogP contribution in [0.15, 0.2) is 10.5 Å². The number of aromatic carboxylic acids is 1. The Balaban J connectivity index is 2.37. The van der Waals surface area contributed by atoms with Gasteiger partial charge < -0.3 is 19.6 Å². The highest BCUT2D eigenvalue weighted by molar-refractivity contribution is 5.88. The molecule has 0 unspecified atom stereocenters. The third-order valence-corrected chi connectivity index (χ3v) is 2.20. The van der Waals surface area contributed by atoms with Gasteiger partial charge >= 0.3 is 5.97 Å². The minimum atomic E-state index is -0.952. The number of hydrogen-bond donors (Lipinski definition) is 2. The summed E-state index contributed by atoms with van der Waals surface area (Å²) in [4.78, 5) is 10.8. The van der Waals surface area contributed by atoms with Gasteiger partial charge in [0.1, 0.15) is 17.1 Å². The number of furan rings is 1. The fraction of sp³-hybridized carbons (Fsp3) is 0.545. The molecule has 0 amide bonds. The summed E-state index contributed by atoms with van der Waals surface area (Å²) in [6.07, 6.45) is 0.919. The number of carbonyl (C=O) groups is 1. The molecule has 0 radical (unpaired) electrons. The summed E-state index contributed by atoms with van der Waals surface area (Å²) in [5.41, 5.74) is 0.230. The van der Waals surface area contributed by atoms with Gasteiger partial charge in [0.25, 0.3) is 0 Å². The van der Waals surface area contributed by atoms with Crippen LogP contribution in [-0.2, 0) is 11.3 Å². The first-order valence-electron chi connectivity index (χ1n) is 5.17. The Kier molecular flexibility index (Phi) is 5.01. The molecule has 1 aromatic rings. The van der Waals surface area contributed by atoms with E-state index in [0.29, 0.717) is 24.7 Å². The fourth-order valence-electron chi connectivity index (χ4n) is 1.40. The van der Waals surface area contributed by atoms with Crippen LogP contribution in [-0.4, -0.2) is 31.3 Å². The smallest absolute Gasteiger partial charge is 0.339 e. The van der Waals surface area contributed by atoms with Crippen molar-refractivity contribution in [3.8, 4) is 0 Å². The molecule has 1 rings (SSSR count). The average Bonchev–Trinajstić information content (AvgIpc) is 2.59. The Morgan fingerprint density at radius 2 is 2.38 bits per heavy atom. The van der Waals surface area contributed by atoms with Gasteiger partial charge in [-0.2, -0.15) is 0 Å². The number of carboxylic acid groups (broad SMARTS) is 1. The van der Waals surface area contributed by atoms with E-state index in [0.717, 1.165) is 13.0 Å². The van der Waals surface area contributed by atoms with Crippen molar-refractivity contribution in [3.05, 3.63) is 23.2 Å². The van der Waals surface area contributed by atoms with Crippen LogP contribution in [0.5, 0.6) is 0 Å². The monoisotopic (exact) mass is 227 g/mol. The SMILES string of the molecule is COCCCNCc1cc(C(=O)O)c(C)o1. The van der Waals surface area contributed by atoms with Gasteiger partial charge in [0.2, 0.25) is 0 Å². The van der Waals surface area contributed by atoms with Crippen molar-refractivity contribution in [3.63, 3.8) is 0 Å². The summed E-state index contributed by atoms with van der Waals surface area (Å²) in [5, 5.41) is 12.0. The fourth-order valence-corrected chi connectivity index (χ4v) is 1.40. The molecule has 0 atom stereocenters. The second-order valence-electron chi connectivity index (χ2n) is 3.51. The molecule has 0 aliphatic heterocycles. The maximum absolute atomic E-state index is 10.8. The van der Waals surface area contributed by atoms with Gasteiger partial charge in [-0.1, -0.05) is 0 Å². The molecule has 5 heteroatoms. The topological polar surface area (TPSA) is 71.7 Å². The molecule has 2 N–H and O–H groups in total. The van der Waals surface area contributed by atoms with E-state index in [1.807, 2.05) is 0 Å². The molecular weight excluding hydrogens is 210 g/mol. The van der Waals surface area contributed by atoms with E-state index in [4.69, 9.17) is 14.3 Å². The Labute approximate surface area is 94.4 Å². The molecule has 0 saturated heterocycles. The first-order valence-corrected chi connectivity index (χ1v) is 5.17. The lowest BCUT2D eigenvalue weighted by Gasteiger charge is -2.01. The summed E-state index contributed by atoms with van der Waals surface area (Å²) >= 11 is 0. The highest BCUT2D eigenvalue weighted by Crippen LogP contribution is 2.14. The largest absolute Gasteiger partial charge is 0.478 e. The van der Waals surface area contributed by atoms with E-state index < -0.39 is 5.97 Å². The maximum atomic E-state index is 10.8. The Bertz CT molecular complexity index is 346. The predicted molar refractivity (Wildman–Crippen MR) is 58.6 cm³/mol. The number of methoxy groups -OCH3 is 1. The van der Waals surface area contributed by atoms with Gasteiger partial charge in [0.15, 0.2) is 0 Å². The summed E-state index contributed by atoms with van der Waals surface area (Å²) in [6, 6.07) is 1.56. The molecule has 0 saturated carbocycles. The number of nitrogens with one attached hydrogen (secondary N) is 1. The second kappa shape index (κ2) is 6.30. The first kappa shape index (κ1) is 12.7. The van der Waals surface area contributed by atoms with Crippen LogP contribution in [0, 0.1) is 6.92 Å². The standard InChI is InChI=1S/C11H17NO4/c1-8-10(11(13)14)6-9(16-8)7-12-4-3-5-15-2/h6,12H,3-5,7H2,1-2H3,(H,13,14). The molecule has 0 fully saturated rings. The van der Waals surface area contributed by atoms with Crippen molar-refractivity contribution in [2.24, 2.45) is 0 Å². The highest BCUT2D eigenvalue weighted by Gasteiger charge is 2.12. The zero-order valence-corrected chi connectivity index (χ0v) is 9.58. The van der Waals surface area contributed by atoms with E-state index in [1.165, 1.54) is 0 Å². The molecule has 16 heavy (non-hydrogen) atoms. The molecule has 0 aliphatic carbocycles. The van der Waals surface area contributed by atoms with Crippen molar-refractivity contribution in [1.29, 1.82) is 0 Å². The first-order chi connectivity index (χ1) is 7.65. The number of ether oxygens (including phenoxy) is 1. The quantitative estimate of drug-likeness (QED) is 0.689. The van der Waals surface area contributed by atoms with Crippen molar-refractivity contribution in [2.45, 2.75) is 19.9 Å². The van der Waals surface area contributed by atoms with Crippen molar-refractivity contribution >= 4 is 5.97 Å². The lowest BCUT2D eigenvalue weighted by Crippen LogP contribution is -2.15. The van der Waals surface area contributed by atoms with Gasteiger partial charge in [-0.3, -0.25) is 0 Å². The molecule has 0 aliphatic rings. The van der Waals surface area contributed by atoms with E-state index in [2.05, 4.69) is 5.32 Å². The minimum Gasteiger partial charge on any atom is -0.478 e. The zero-order chi connectivity index (χ0) is 12.0. The van der Waals surface area contributed by atoms with Crippen molar-refractivity contribution in [1.82, 2.24) is 5.32 Å². The Morgan fingerprint density at radius 3 is 2.94 bits per heavy atom. The van der Waals surface area contributed by atoms with Crippen LogP contribution in [0.3, 0.4) is 0 Å². The number of hydrogen-bond acceptors (Lipinski definition) is 4. The van der Waals surface area contributed by atoms with Gasteiger partial charge in [0.05, 0.1) is 6.54 Å². The van der Waals surface area contributed by atoms with Gasteiger partial charge in [-0.25, -0.2) is 4.79 Å². The summed E-state index contributed by atoms with van der Waals surface area (Å²) < 4.78 is 10.2. The molecular formula is C11H17NO4. The zero-order valence-electron chi connectivity index (χ0n) is 9.58. The van der Waals surface area contributed by atoms with E-state index in [9.17, 15) is 4.79 Å². The van der Waals surface area contributed by atoms with Crippen LogP contribution < -0.4 is 5.32 Å². The maximum Gasteiger partial charge on any atom is 0.339 e. The van der Waals surface area contributed by atoms with Crippen LogP contribution in [0.2, 0.25) is 0 Å². The Hall–Kier alpha value is -1.33. The van der Waals surface area contributed by atoms with Crippen LogP contribution in [0.25, 0.3) is 0 Å². The molecule has 1 heterocycles. The number of carboxylic acids is 1. The van der Waals surface area contributed by atoms with Gasteiger partial charge in [-0.15, -0.1) is 0 Å². The molecule has 0 aromatic carbocycles. The summed E-state index contributed by atoms with van der Waals surface area (Å²) in [6.45, 7) is 3.72. The van der Waals surface area contributed by atoms with Crippen LogP contribution >= 0.6 is 0 Å².